The van der Waals surface area contributed by atoms with Crippen LogP contribution in [-0.4, -0.2) is 44.3 Å². The molecule has 0 saturated carbocycles. The number of hydrogen-bond acceptors (Lipinski definition) is 7. The summed E-state index contributed by atoms with van der Waals surface area (Å²) in [5, 5.41) is 8.86. The fourth-order valence-electron chi connectivity index (χ4n) is 3.95. The van der Waals surface area contributed by atoms with Crippen molar-refractivity contribution < 1.29 is 27.4 Å². The number of piperidine rings is 1. The Bertz CT molecular complexity index is 1100. The highest BCUT2D eigenvalue weighted by molar-refractivity contribution is 7.89. The molecule has 2 saturated heterocycles. The van der Waals surface area contributed by atoms with Crippen molar-refractivity contribution >= 4 is 16.1 Å². The van der Waals surface area contributed by atoms with E-state index in [-0.39, 0.29) is 23.5 Å². The van der Waals surface area contributed by atoms with E-state index in [1.54, 1.807) is 36.4 Å². The molecule has 10 heteroatoms. The minimum Gasteiger partial charge on any atom is -0.457 e. The highest BCUT2D eigenvalue weighted by atomic mass is 32.2. The lowest BCUT2D eigenvalue weighted by atomic mass is 9.93. The number of nitrogens with two attached hydrogens (primary N) is 1. The minimum atomic E-state index is -3.94. The monoisotopic (exact) mass is 443 g/mol. The van der Waals surface area contributed by atoms with E-state index in [4.69, 9.17) is 25.2 Å². The molecule has 1 amide bonds. The van der Waals surface area contributed by atoms with Crippen molar-refractivity contribution in [3.63, 3.8) is 0 Å². The van der Waals surface area contributed by atoms with Gasteiger partial charge in [-0.3, -0.25) is 0 Å². The van der Waals surface area contributed by atoms with Crippen molar-refractivity contribution in [3.05, 3.63) is 54.1 Å². The first-order valence-electron chi connectivity index (χ1n) is 9.76. The summed E-state index contributed by atoms with van der Waals surface area (Å²) in [5.41, 5.74) is 5.72. The van der Waals surface area contributed by atoms with E-state index in [0.717, 1.165) is 0 Å². The van der Waals surface area contributed by atoms with Crippen LogP contribution in [0.25, 0.3) is 0 Å². The van der Waals surface area contributed by atoms with Gasteiger partial charge in [0.1, 0.15) is 11.5 Å². The fourth-order valence-corrected chi connectivity index (χ4v) is 5.52. The Morgan fingerprint density at radius 3 is 2.35 bits per heavy atom. The molecule has 9 nitrogen and oxygen atoms in total. The van der Waals surface area contributed by atoms with Gasteiger partial charge >= 0.3 is 6.09 Å². The molecule has 0 radical (unpaired) electrons. The molecular weight excluding hydrogens is 422 g/mol. The smallest absolute Gasteiger partial charge is 0.406 e. The molecule has 0 spiro atoms. The summed E-state index contributed by atoms with van der Waals surface area (Å²) in [7, 11) is -3.94. The van der Waals surface area contributed by atoms with Gasteiger partial charge in [0.2, 0.25) is 10.0 Å². The van der Waals surface area contributed by atoms with Gasteiger partial charge in [0.25, 0.3) is 0 Å². The van der Waals surface area contributed by atoms with Crippen molar-refractivity contribution in [3.8, 4) is 17.6 Å². The molecule has 2 aromatic rings. The van der Waals surface area contributed by atoms with Crippen molar-refractivity contribution in [2.24, 2.45) is 11.7 Å². The Hall–Kier alpha value is -3.13. The predicted octanol–water partition coefficient (Wildman–Crippen LogP) is 2.57. The second kappa shape index (κ2) is 8.55. The lowest BCUT2D eigenvalue weighted by molar-refractivity contribution is -0.0639. The number of ether oxygens (including phenoxy) is 3. The SMILES string of the molecule is N#Cc1ccc(Oc2ccc(S(=O)(=O)N3CCC4OCCC4C3OC(N)=O)cc2)cc1. The molecule has 2 fully saturated rings. The number of hydrogen-bond donors (Lipinski definition) is 1. The van der Waals surface area contributed by atoms with Crippen LogP contribution in [0, 0.1) is 17.2 Å². The summed E-state index contributed by atoms with van der Waals surface area (Å²) in [6.45, 7) is 0.647. The number of benzene rings is 2. The first-order valence-corrected chi connectivity index (χ1v) is 11.2. The van der Waals surface area contributed by atoms with Gasteiger partial charge in [-0.05, 0) is 61.4 Å². The number of fused-ring (bicyclic) bond motifs is 1. The van der Waals surface area contributed by atoms with Crippen LogP contribution in [0.2, 0.25) is 0 Å². The number of sulfonamides is 1. The van der Waals surface area contributed by atoms with Crippen LogP contribution in [0.1, 0.15) is 18.4 Å². The summed E-state index contributed by atoms with van der Waals surface area (Å²) in [6.07, 6.45) is -1.07. The molecule has 0 aliphatic carbocycles. The van der Waals surface area contributed by atoms with Crippen LogP contribution in [-0.2, 0) is 19.5 Å². The van der Waals surface area contributed by atoms with E-state index < -0.39 is 22.3 Å². The summed E-state index contributed by atoms with van der Waals surface area (Å²) in [5.74, 6) is 0.708. The molecule has 2 aliphatic heterocycles. The van der Waals surface area contributed by atoms with E-state index in [1.165, 1.54) is 16.4 Å². The maximum Gasteiger partial charge on any atom is 0.406 e. The number of nitrogens with zero attached hydrogens (tertiary/aromatic N) is 2. The summed E-state index contributed by atoms with van der Waals surface area (Å²) >= 11 is 0. The summed E-state index contributed by atoms with van der Waals surface area (Å²) in [6, 6.07) is 14.6. The molecule has 2 N–H and O–H groups in total. The van der Waals surface area contributed by atoms with Gasteiger partial charge in [-0.2, -0.15) is 9.57 Å². The summed E-state index contributed by atoms with van der Waals surface area (Å²) < 4.78 is 44.3. The third-order valence-electron chi connectivity index (χ3n) is 5.43. The van der Waals surface area contributed by atoms with Crippen LogP contribution in [0.15, 0.2) is 53.4 Å². The van der Waals surface area contributed by atoms with Crippen molar-refractivity contribution in [1.82, 2.24) is 4.31 Å². The predicted molar refractivity (Wildman–Crippen MR) is 108 cm³/mol. The maximum absolute atomic E-state index is 13.3. The lowest BCUT2D eigenvalue weighted by Crippen LogP contribution is -2.54. The summed E-state index contributed by atoms with van der Waals surface area (Å²) in [4.78, 5) is 11.5. The van der Waals surface area contributed by atoms with Crippen LogP contribution >= 0.6 is 0 Å². The Balaban J connectivity index is 1.54. The van der Waals surface area contributed by atoms with E-state index >= 15 is 0 Å². The van der Waals surface area contributed by atoms with Gasteiger partial charge in [0, 0.05) is 19.1 Å². The topological polar surface area (TPSA) is 132 Å². The molecule has 3 atom stereocenters. The Morgan fingerprint density at radius 2 is 1.74 bits per heavy atom. The van der Waals surface area contributed by atoms with Crippen LogP contribution < -0.4 is 10.5 Å². The standard InChI is InChI=1S/C21H21N3O6S/c22-13-14-1-3-15(4-2-14)29-16-5-7-17(8-6-16)31(26,27)24-11-9-19-18(10-12-28-19)20(24)30-21(23)25/h1-8,18-20H,9-12H2,(H2,23,25). The number of carbonyl (C=O) groups is 1. The van der Waals surface area contributed by atoms with Gasteiger partial charge in [-0.25, -0.2) is 13.2 Å². The molecule has 31 heavy (non-hydrogen) atoms. The lowest BCUT2D eigenvalue weighted by Gasteiger charge is -2.39. The molecule has 4 rings (SSSR count). The third kappa shape index (κ3) is 4.34. The van der Waals surface area contributed by atoms with E-state index in [1.807, 2.05) is 6.07 Å². The quantitative estimate of drug-likeness (QED) is 0.751. The Kier molecular flexibility index (Phi) is 5.82. The molecule has 3 unspecified atom stereocenters. The highest BCUT2D eigenvalue weighted by Gasteiger charge is 2.48. The third-order valence-corrected chi connectivity index (χ3v) is 7.31. The average molecular weight is 443 g/mol. The van der Waals surface area contributed by atoms with Crippen molar-refractivity contribution in [1.29, 1.82) is 5.26 Å². The number of primary amides is 1. The van der Waals surface area contributed by atoms with Gasteiger partial charge in [-0.15, -0.1) is 0 Å². The number of nitriles is 1. The number of rotatable bonds is 5. The van der Waals surface area contributed by atoms with Crippen LogP contribution in [0.4, 0.5) is 4.79 Å². The Labute approximate surface area is 180 Å². The van der Waals surface area contributed by atoms with E-state index in [0.29, 0.717) is 36.5 Å². The first-order chi connectivity index (χ1) is 14.9. The average Bonchev–Trinajstić information content (AvgIpc) is 3.24. The number of amides is 1. The molecule has 0 aromatic heterocycles. The fraction of sp³-hybridized carbons (Fsp3) is 0.333. The van der Waals surface area contributed by atoms with Crippen LogP contribution in [0.3, 0.4) is 0 Å². The van der Waals surface area contributed by atoms with Gasteiger partial charge < -0.3 is 19.9 Å². The van der Waals surface area contributed by atoms with Gasteiger partial charge in [0.15, 0.2) is 6.23 Å². The molecule has 0 bridgehead atoms. The zero-order chi connectivity index (χ0) is 22.0. The van der Waals surface area contributed by atoms with Gasteiger partial charge in [-0.1, -0.05) is 0 Å². The molecule has 2 aliphatic rings. The normalized spacial score (nSPS) is 23.5. The highest BCUT2D eigenvalue weighted by Crippen LogP contribution is 2.37. The van der Waals surface area contributed by atoms with Crippen LogP contribution in [0.5, 0.6) is 11.5 Å². The maximum atomic E-state index is 13.3. The zero-order valence-electron chi connectivity index (χ0n) is 16.5. The van der Waals surface area contributed by atoms with E-state index in [9.17, 15) is 13.2 Å². The molecule has 2 heterocycles. The van der Waals surface area contributed by atoms with Crippen molar-refractivity contribution in [2.75, 3.05) is 13.2 Å². The number of carbonyl (C=O) groups excluding carboxylic acids is 1. The van der Waals surface area contributed by atoms with Gasteiger partial charge in [0.05, 0.1) is 22.6 Å². The molecule has 2 aromatic carbocycles. The first kappa shape index (κ1) is 21.1. The molecular formula is C21H21N3O6S. The largest absolute Gasteiger partial charge is 0.457 e. The second-order valence-corrected chi connectivity index (χ2v) is 9.19. The minimum absolute atomic E-state index is 0.0510. The zero-order valence-corrected chi connectivity index (χ0v) is 17.3. The molecule has 162 valence electrons. The second-order valence-electron chi connectivity index (χ2n) is 7.30. The Morgan fingerprint density at radius 1 is 1.10 bits per heavy atom. The van der Waals surface area contributed by atoms with E-state index in [2.05, 4.69) is 0 Å². The van der Waals surface area contributed by atoms with Crippen molar-refractivity contribution in [2.45, 2.75) is 30.1 Å².